The molecule has 0 heterocycles. The minimum Gasteiger partial charge on any atom is -0.0853 e. The fourth-order valence-electron chi connectivity index (χ4n) is 1.50. The maximum atomic E-state index is 3.86. The standard InChI is InChI=1S/C12H23/c1-6-7-12(8-10(2)3)9-11(4)5/h7,10-11H,1,6,8-9H2,2-5H3. The van der Waals surface area contributed by atoms with E-state index in [-0.39, 0.29) is 0 Å². The Kier molecular flexibility index (Phi) is 6.14. The van der Waals surface area contributed by atoms with Gasteiger partial charge in [0, 0.05) is 0 Å². The second kappa shape index (κ2) is 6.28. The van der Waals surface area contributed by atoms with Crippen LogP contribution in [-0.4, -0.2) is 0 Å². The van der Waals surface area contributed by atoms with Crippen molar-refractivity contribution < 1.29 is 0 Å². The van der Waals surface area contributed by atoms with Crippen molar-refractivity contribution in [3.63, 3.8) is 0 Å². The van der Waals surface area contributed by atoms with E-state index < -0.39 is 0 Å². The Morgan fingerprint density at radius 3 is 1.75 bits per heavy atom. The lowest BCUT2D eigenvalue weighted by Gasteiger charge is -2.12. The zero-order valence-corrected chi connectivity index (χ0v) is 9.06. The average molecular weight is 167 g/mol. The van der Waals surface area contributed by atoms with Gasteiger partial charge in [0.1, 0.15) is 0 Å². The van der Waals surface area contributed by atoms with Crippen molar-refractivity contribution in [2.24, 2.45) is 11.8 Å². The monoisotopic (exact) mass is 167 g/mol. The summed E-state index contributed by atoms with van der Waals surface area (Å²) >= 11 is 0. The molecule has 0 aromatic heterocycles. The van der Waals surface area contributed by atoms with Crippen molar-refractivity contribution in [3.8, 4) is 0 Å². The summed E-state index contributed by atoms with van der Waals surface area (Å²) in [4.78, 5) is 0. The van der Waals surface area contributed by atoms with Crippen LogP contribution in [-0.2, 0) is 0 Å². The SMILES string of the molecule is [CH2]CC=C(CC(C)C)CC(C)C. The van der Waals surface area contributed by atoms with Gasteiger partial charge < -0.3 is 0 Å². The van der Waals surface area contributed by atoms with E-state index in [0.29, 0.717) is 0 Å². The molecule has 71 valence electrons. The predicted octanol–water partition coefficient (Wildman–Crippen LogP) is 4.23. The first kappa shape index (κ1) is 11.7. The van der Waals surface area contributed by atoms with E-state index in [9.17, 15) is 0 Å². The number of rotatable bonds is 5. The van der Waals surface area contributed by atoms with Crippen LogP contribution in [0.5, 0.6) is 0 Å². The molecule has 0 aliphatic rings. The molecule has 0 fully saturated rings. The minimum absolute atomic E-state index is 0.779. The summed E-state index contributed by atoms with van der Waals surface area (Å²) in [6, 6.07) is 0. The first-order valence-electron chi connectivity index (χ1n) is 5.03. The van der Waals surface area contributed by atoms with Crippen molar-refractivity contribution in [1.29, 1.82) is 0 Å². The number of hydrogen-bond acceptors (Lipinski definition) is 0. The molecule has 0 nitrogen and oxygen atoms in total. The highest BCUT2D eigenvalue weighted by atomic mass is 14.1. The normalized spacial score (nSPS) is 10.9. The molecule has 0 aliphatic heterocycles. The Balaban J connectivity index is 3.96. The Morgan fingerprint density at radius 1 is 1.08 bits per heavy atom. The maximum Gasteiger partial charge on any atom is -0.0297 e. The third-order valence-electron chi connectivity index (χ3n) is 1.77. The molecule has 0 saturated heterocycles. The summed E-state index contributed by atoms with van der Waals surface area (Å²) in [5, 5.41) is 0. The van der Waals surface area contributed by atoms with Crippen LogP contribution >= 0.6 is 0 Å². The van der Waals surface area contributed by atoms with E-state index in [2.05, 4.69) is 40.7 Å². The lowest BCUT2D eigenvalue weighted by atomic mass is 9.94. The first-order chi connectivity index (χ1) is 5.56. The molecule has 12 heavy (non-hydrogen) atoms. The van der Waals surface area contributed by atoms with Crippen LogP contribution < -0.4 is 0 Å². The smallest absolute Gasteiger partial charge is 0.0297 e. The topological polar surface area (TPSA) is 0 Å². The second-order valence-corrected chi connectivity index (χ2v) is 4.35. The molecule has 0 atom stereocenters. The minimum atomic E-state index is 0.779. The Morgan fingerprint density at radius 2 is 1.50 bits per heavy atom. The number of hydrogen-bond donors (Lipinski definition) is 0. The van der Waals surface area contributed by atoms with Gasteiger partial charge in [-0.05, 0) is 38.0 Å². The average Bonchev–Trinajstić information content (AvgIpc) is 1.84. The van der Waals surface area contributed by atoms with E-state index in [1.807, 2.05) is 0 Å². The highest BCUT2D eigenvalue weighted by Gasteiger charge is 2.03. The van der Waals surface area contributed by atoms with Gasteiger partial charge in [-0.1, -0.05) is 39.3 Å². The molecule has 0 amide bonds. The van der Waals surface area contributed by atoms with Crippen molar-refractivity contribution in [2.75, 3.05) is 0 Å². The van der Waals surface area contributed by atoms with Crippen LogP contribution in [0, 0.1) is 18.8 Å². The van der Waals surface area contributed by atoms with Gasteiger partial charge in [-0.3, -0.25) is 0 Å². The van der Waals surface area contributed by atoms with Crippen LogP contribution in [0.2, 0.25) is 0 Å². The molecule has 0 bridgehead atoms. The molecule has 0 saturated carbocycles. The van der Waals surface area contributed by atoms with Crippen LogP contribution in [0.3, 0.4) is 0 Å². The van der Waals surface area contributed by atoms with Gasteiger partial charge in [-0.15, -0.1) is 0 Å². The third-order valence-corrected chi connectivity index (χ3v) is 1.77. The van der Waals surface area contributed by atoms with Crippen LogP contribution in [0.1, 0.15) is 47.0 Å². The van der Waals surface area contributed by atoms with Gasteiger partial charge in [0.25, 0.3) is 0 Å². The summed E-state index contributed by atoms with van der Waals surface area (Å²) in [6.07, 6.45) is 5.72. The number of allylic oxidation sites excluding steroid dienone is 2. The van der Waals surface area contributed by atoms with E-state index in [1.165, 1.54) is 12.8 Å². The lowest BCUT2D eigenvalue weighted by molar-refractivity contribution is 0.569. The van der Waals surface area contributed by atoms with E-state index in [1.54, 1.807) is 5.57 Å². The summed E-state index contributed by atoms with van der Waals surface area (Å²) in [7, 11) is 0. The molecule has 0 heteroatoms. The molecular weight excluding hydrogens is 144 g/mol. The van der Waals surface area contributed by atoms with Gasteiger partial charge >= 0.3 is 0 Å². The lowest BCUT2D eigenvalue weighted by Crippen LogP contribution is -1.96. The Hall–Kier alpha value is -0.260. The van der Waals surface area contributed by atoms with Gasteiger partial charge in [0.2, 0.25) is 0 Å². The fraction of sp³-hybridized carbons (Fsp3) is 0.750. The summed E-state index contributed by atoms with van der Waals surface area (Å²) < 4.78 is 0. The van der Waals surface area contributed by atoms with Crippen LogP contribution in [0.25, 0.3) is 0 Å². The van der Waals surface area contributed by atoms with E-state index in [4.69, 9.17) is 0 Å². The molecular formula is C12H23. The van der Waals surface area contributed by atoms with Gasteiger partial charge in [-0.2, -0.15) is 0 Å². The zero-order valence-electron chi connectivity index (χ0n) is 9.06. The van der Waals surface area contributed by atoms with Gasteiger partial charge in [0.15, 0.2) is 0 Å². The third kappa shape index (κ3) is 6.45. The molecule has 0 N–H and O–H groups in total. The quantitative estimate of drug-likeness (QED) is 0.537. The van der Waals surface area contributed by atoms with Gasteiger partial charge in [-0.25, -0.2) is 0 Å². The summed E-state index contributed by atoms with van der Waals surface area (Å²) in [6.45, 7) is 13.0. The van der Waals surface area contributed by atoms with E-state index >= 15 is 0 Å². The highest BCUT2D eigenvalue weighted by molar-refractivity contribution is 5.03. The van der Waals surface area contributed by atoms with Gasteiger partial charge in [0.05, 0.1) is 0 Å². The largest absolute Gasteiger partial charge is 0.0853 e. The zero-order chi connectivity index (χ0) is 9.56. The fourth-order valence-corrected chi connectivity index (χ4v) is 1.50. The second-order valence-electron chi connectivity index (χ2n) is 4.35. The molecule has 0 rings (SSSR count). The molecule has 0 aromatic rings. The summed E-state index contributed by atoms with van der Waals surface area (Å²) in [5.74, 6) is 1.56. The predicted molar refractivity (Wildman–Crippen MR) is 57.0 cm³/mol. The summed E-state index contributed by atoms with van der Waals surface area (Å²) in [5.41, 5.74) is 1.59. The molecule has 1 radical (unpaired) electrons. The highest BCUT2D eigenvalue weighted by Crippen LogP contribution is 2.19. The van der Waals surface area contributed by atoms with Crippen molar-refractivity contribution in [2.45, 2.75) is 47.0 Å². The van der Waals surface area contributed by atoms with Crippen LogP contribution in [0.15, 0.2) is 11.6 Å². The van der Waals surface area contributed by atoms with Crippen molar-refractivity contribution in [3.05, 3.63) is 18.6 Å². The molecule has 0 spiro atoms. The van der Waals surface area contributed by atoms with E-state index in [0.717, 1.165) is 18.3 Å². The van der Waals surface area contributed by atoms with Crippen LogP contribution in [0.4, 0.5) is 0 Å². The Bertz CT molecular complexity index is 117. The first-order valence-corrected chi connectivity index (χ1v) is 5.03. The van der Waals surface area contributed by atoms with Crippen molar-refractivity contribution >= 4 is 0 Å². The molecule has 0 unspecified atom stereocenters. The molecule has 0 aliphatic carbocycles. The molecule has 0 aromatic carbocycles. The Labute approximate surface area is 78.1 Å². The maximum absolute atomic E-state index is 3.86. The van der Waals surface area contributed by atoms with Crippen molar-refractivity contribution in [1.82, 2.24) is 0 Å².